The molecule has 1 saturated carbocycles. The number of hydrogen-bond acceptors (Lipinski definition) is 4. The van der Waals surface area contributed by atoms with Crippen molar-refractivity contribution in [2.24, 2.45) is 23.3 Å². The second kappa shape index (κ2) is 10.6. The number of hydrogen-bond donors (Lipinski definition) is 4. The maximum Gasteiger partial charge on any atom is 0.248 e. The summed E-state index contributed by atoms with van der Waals surface area (Å²) in [4.78, 5) is 31.7. The Morgan fingerprint density at radius 3 is 2.35 bits per heavy atom. The third-order valence-electron chi connectivity index (χ3n) is 6.60. The molecule has 8 heteroatoms. The lowest BCUT2D eigenvalue weighted by molar-refractivity contribution is -0.127. The van der Waals surface area contributed by atoms with Crippen LogP contribution in [-0.4, -0.2) is 28.3 Å². The summed E-state index contributed by atoms with van der Waals surface area (Å²) in [5, 5.41) is 3.11. The van der Waals surface area contributed by atoms with Gasteiger partial charge < -0.3 is 21.8 Å². The Kier molecular flexibility index (Phi) is 7.37. The zero-order chi connectivity index (χ0) is 24.1. The second-order valence-corrected chi connectivity index (χ2v) is 8.93. The molecule has 34 heavy (non-hydrogen) atoms. The fourth-order valence-electron chi connectivity index (χ4n) is 4.53. The highest BCUT2D eigenvalue weighted by molar-refractivity contribution is 5.93. The van der Waals surface area contributed by atoms with E-state index in [1.54, 1.807) is 12.1 Å². The molecule has 0 radical (unpaired) electrons. The third-order valence-corrected chi connectivity index (χ3v) is 6.60. The van der Waals surface area contributed by atoms with Gasteiger partial charge in [0.2, 0.25) is 17.8 Å². The third kappa shape index (κ3) is 5.51. The van der Waals surface area contributed by atoms with Crippen LogP contribution in [-0.2, 0) is 11.2 Å². The minimum atomic E-state index is -0.599. The average Bonchev–Trinajstić information content (AvgIpc) is 3.25. The number of rotatable bonds is 8. The summed E-state index contributed by atoms with van der Waals surface area (Å²) in [6.45, 7) is 0.653. The molecule has 1 atom stereocenters. The molecule has 0 saturated heterocycles. The molecule has 2 aromatic carbocycles. The number of primary amides is 1. The van der Waals surface area contributed by atoms with Crippen molar-refractivity contribution >= 4 is 11.8 Å². The number of halogens is 1. The van der Waals surface area contributed by atoms with Crippen molar-refractivity contribution in [2.45, 2.75) is 38.1 Å². The Labute approximate surface area is 198 Å². The van der Waals surface area contributed by atoms with E-state index < -0.39 is 17.9 Å². The molecular weight excluding hydrogens is 433 g/mol. The number of imidazole rings is 1. The SMILES string of the molecule is NCC1CCC(C(=O)N[C@@H](Cc2ccccc2)c2nc(-c3ccc(C(N)=O)cc3)c(F)[nH]2)CC1. The molecule has 7 nitrogen and oxygen atoms in total. The van der Waals surface area contributed by atoms with Gasteiger partial charge in [0.15, 0.2) is 0 Å². The maximum absolute atomic E-state index is 14.9. The van der Waals surface area contributed by atoms with Gasteiger partial charge in [-0.1, -0.05) is 42.5 Å². The summed E-state index contributed by atoms with van der Waals surface area (Å²) in [6, 6.07) is 15.5. The molecule has 2 amide bonds. The van der Waals surface area contributed by atoms with Gasteiger partial charge in [0.05, 0.1) is 6.04 Å². The Bertz CT molecular complexity index is 1120. The van der Waals surface area contributed by atoms with Crippen molar-refractivity contribution in [1.82, 2.24) is 15.3 Å². The van der Waals surface area contributed by atoms with Crippen molar-refractivity contribution in [2.75, 3.05) is 6.54 Å². The van der Waals surface area contributed by atoms with Crippen molar-refractivity contribution < 1.29 is 14.0 Å². The fraction of sp³-hybridized carbons (Fsp3) is 0.346. The van der Waals surface area contributed by atoms with E-state index in [0.717, 1.165) is 31.2 Å². The maximum atomic E-state index is 14.9. The highest BCUT2D eigenvalue weighted by Crippen LogP contribution is 2.30. The fourth-order valence-corrected chi connectivity index (χ4v) is 4.53. The lowest BCUT2D eigenvalue weighted by Gasteiger charge is -2.28. The minimum absolute atomic E-state index is 0.0411. The molecule has 1 aliphatic carbocycles. The van der Waals surface area contributed by atoms with Gasteiger partial charge in [-0.25, -0.2) is 4.98 Å². The number of benzene rings is 2. The molecule has 3 aromatic rings. The molecule has 178 valence electrons. The molecule has 6 N–H and O–H groups in total. The van der Waals surface area contributed by atoms with Crippen LogP contribution in [0.4, 0.5) is 4.39 Å². The number of aromatic amines is 1. The number of nitrogens with zero attached hydrogens (tertiary/aromatic N) is 1. The summed E-state index contributed by atoms with van der Waals surface area (Å²) in [6.07, 6.45) is 3.96. The Balaban J connectivity index is 1.57. The van der Waals surface area contributed by atoms with E-state index in [1.165, 1.54) is 12.1 Å². The molecule has 0 bridgehead atoms. The summed E-state index contributed by atoms with van der Waals surface area (Å²) in [5.74, 6) is -0.452. The van der Waals surface area contributed by atoms with E-state index in [1.807, 2.05) is 30.3 Å². The lowest BCUT2D eigenvalue weighted by Crippen LogP contribution is -2.37. The van der Waals surface area contributed by atoms with Gasteiger partial charge in [0.25, 0.3) is 0 Å². The quantitative estimate of drug-likeness (QED) is 0.408. The minimum Gasteiger partial charge on any atom is -0.366 e. The Morgan fingerprint density at radius 2 is 1.74 bits per heavy atom. The molecule has 0 spiro atoms. The monoisotopic (exact) mass is 463 g/mol. The number of nitrogens with one attached hydrogen (secondary N) is 2. The van der Waals surface area contributed by atoms with Gasteiger partial charge in [0, 0.05) is 17.0 Å². The van der Waals surface area contributed by atoms with E-state index in [9.17, 15) is 14.0 Å². The molecule has 1 fully saturated rings. The van der Waals surface area contributed by atoms with Crippen LogP contribution >= 0.6 is 0 Å². The van der Waals surface area contributed by atoms with Crippen LogP contribution < -0.4 is 16.8 Å². The summed E-state index contributed by atoms with van der Waals surface area (Å²) in [7, 11) is 0. The zero-order valence-electron chi connectivity index (χ0n) is 19.0. The van der Waals surface area contributed by atoms with Crippen LogP contribution in [0.3, 0.4) is 0 Å². The predicted molar refractivity (Wildman–Crippen MR) is 128 cm³/mol. The highest BCUT2D eigenvalue weighted by atomic mass is 19.1. The number of H-pyrrole nitrogens is 1. The first-order valence-corrected chi connectivity index (χ1v) is 11.6. The van der Waals surface area contributed by atoms with Crippen molar-refractivity contribution in [3.05, 3.63) is 77.5 Å². The van der Waals surface area contributed by atoms with Crippen LogP contribution in [0.1, 0.15) is 53.5 Å². The molecular formula is C26H30FN5O2. The average molecular weight is 464 g/mol. The Hall–Kier alpha value is -3.52. The van der Waals surface area contributed by atoms with Crippen LogP contribution in [0.25, 0.3) is 11.3 Å². The first kappa shape index (κ1) is 23.6. The number of aromatic nitrogens is 2. The van der Waals surface area contributed by atoms with Crippen LogP contribution in [0, 0.1) is 17.8 Å². The van der Waals surface area contributed by atoms with Gasteiger partial charge in [-0.15, -0.1) is 0 Å². The number of amides is 2. The van der Waals surface area contributed by atoms with Gasteiger partial charge in [-0.05, 0) is 62.3 Å². The Morgan fingerprint density at radius 1 is 1.06 bits per heavy atom. The molecule has 1 aliphatic rings. The molecule has 1 heterocycles. The number of nitrogens with two attached hydrogens (primary N) is 2. The van der Waals surface area contributed by atoms with Crippen molar-refractivity contribution in [3.8, 4) is 11.3 Å². The van der Waals surface area contributed by atoms with E-state index in [4.69, 9.17) is 11.5 Å². The molecule has 0 unspecified atom stereocenters. The van der Waals surface area contributed by atoms with E-state index in [2.05, 4.69) is 15.3 Å². The molecule has 1 aromatic heterocycles. The zero-order valence-corrected chi connectivity index (χ0v) is 19.0. The molecule has 4 rings (SSSR count). The predicted octanol–water partition coefficient (Wildman–Crippen LogP) is 3.48. The van der Waals surface area contributed by atoms with Gasteiger partial charge in [0.1, 0.15) is 11.5 Å². The summed E-state index contributed by atoms with van der Waals surface area (Å²) >= 11 is 0. The van der Waals surface area contributed by atoms with E-state index in [-0.39, 0.29) is 17.5 Å². The van der Waals surface area contributed by atoms with Crippen molar-refractivity contribution in [1.29, 1.82) is 0 Å². The van der Waals surface area contributed by atoms with Gasteiger partial charge in [-0.2, -0.15) is 4.39 Å². The van der Waals surface area contributed by atoms with Crippen LogP contribution in [0.2, 0.25) is 0 Å². The lowest BCUT2D eigenvalue weighted by atomic mass is 9.81. The topological polar surface area (TPSA) is 127 Å². The van der Waals surface area contributed by atoms with Crippen molar-refractivity contribution in [3.63, 3.8) is 0 Å². The summed E-state index contributed by atoms with van der Waals surface area (Å²) < 4.78 is 14.9. The normalized spacial score (nSPS) is 18.9. The van der Waals surface area contributed by atoms with E-state index in [0.29, 0.717) is 35.8 Å². The highest BCUT2D eigenvalue weighted by Gasteiger charge is 2.29. The van der Waals surface area contributed by atoms with Gasteiger partial charge in [-0.3, -0.25) is 9.59 Å². The number of carbonyl (C=O) groups excluding carboxylic acids is 2. The number of carbonyl (C=O) groups is 2. The first-order chi connectivity index (χ1) is 16.4. The van der Waals surface area contributed by atoms with Gasteiger partial charge >= 0.3 is 0 Å². The second-order valence-electron chi connectivity index (χ2n) is 8.93. The smallest absolute Gasteiger partial charge is 0.248 e. The van der Waals surface area contributed by atoms with Crippen LogP contribution in [0.5, 0.6) is 0 Å². The molecule has 0 aliphatic heterocycles. The summed E-state index contributed by atoms with van der Waals surface area (Å²) in [5.41, 5.74) is 13.0. The van der Waals surface area contributed by atoms with Crippen LogP contribution in [0.15, 0.2) is 54.6 Å². The standard InChI is InChI=1S/C26H30FN5O2/c27-23-22(18-10-12-19(13-11-18)24(29)33)31-25(32-23)21(14-16-4-2-1-3-5-16)30-26(34)20-8-6-17(15-28)7-9-20/h1-5,10-13,17,20-21H,6-9,14-15,28H2,(H2,29,33)(H,30,34)(H,31,32)/t17?,20?,21-/m0/s1. The largest absolute Gasteiger partial charge is 0.366 e. The first-order valence-electron chi connectivity index (χ1n) is 11.6. The van der Waals surface area contributed by atoms with E-state index >= 15 is 0 Å².